The summed E-state index contributed by atoms with van der Waals surface area (Å²) in [6, 6.07) is 0. The number of rotatable bonds is 1. The van der Waals surface area contributed by atoms with Gasteiger partial charge in [-0.05, 0) is 25.3 Å². The van der Waals surface area contributed by atoms with Crippen molar-refractivity contribution in [3.05, 3.63) is 0 Å². The third-order valence-corrected chi connectivity index (χ3v) is 2.67. The molecule has 0 amide bonds. The van der Waals surface area contributed by atoms with Gasteiger partial charge < -0.3 is 10.8 Å². The van der Waals surface area contributed by atoms with Gasteiger partial charge >= 0.3 is 0 Å². The van der Waals surface area contributed by atoms with Crippen LogP contribution in [0.3, 0.4) is 0 Å². The van der Waals surface area contributed by atoms with E-state index in [9.17, 15) is 5.11 Å². The molecule has 3 heteroatoms. The Kier molecular flexibility index (Phi) is 6.81. The number of halogens is 1. The predicted octanol–water partition coefficient (Wildman–Crippen LogP) is 1.70. The summed E-state index contributed by atoms with van der Waals surface area (Å²) >= 11 is 0. The molecule has 0 unspecified atom stereocenters. The van der Waals surface area contributed by atoms with Gasteiger partial charge in [0.05, 0.1) is 6.10 Å². The SMILES string of the molecule is Cl.NC[C@H]1CCCCCC[C@H]1O. The fraction of sp³-hybridized carbons (Fsp3) is 1.00. The molecule has 1 fully saturated rings. The monoisotopic (exact) mass is 193 g/mol. The molecule has 0 heterocycles. The standard InChI is InChI=1S/C9H19NO.ClH/c10-7-8-5-3-1-2-4-6-9(8)11;/h8-9,11H,1-7,10H2;1H/t8-,9-;/m1./s1. The van der Waals surface area contributed by atoms with Crippen molar-refractivity contribution < 1.29 is 5.11 Å². The first-order valence-corrected chi connectivity index (χ1v) is 4.72. The van der Waals surface area contributed by atoms with Crippen LogP contribution in [0, 0.1) is 5.92 Å². The second-order valence-electron chi connectivity index (χ2n) is 3.55. The maximum Gasteiger partial charge on any atom is 0.0580 e. The summed E-state index contributed by atoms with van der Waals surface area (Å²) in [6.07, 6.45) is 6.99. The highest BCUT2D eigenvalue weighted by Crippen LogP contribution is 2.21. The van der Waals surface area contributed by atoms with Crippen LogP contribution in [0.15, 0.2) is 0 Å². The first-order chi connectivity index (χ1) is 5.34. The number of nitrogens with two attached hydrogens (primary N) is 1. The molecule has 1 aliphatic carbocycles. The highest BCUT2D eigenvalue weighted by atomic mass is 35.5. The molecule has 0 aromatic carbocycles. The molecule has 3 N–H and O–H groups in total. The lowest BCUT2D eigenvalue weighted by Crippen LogP contribution is -2.28. The van der Waals surface area contributed by atoms with Crippen LogP contribution < -0.4 is 5.73 Å². The van der Waals surface area contributed by atoms with E-state index >= 15 is 0 Å². The largest absolute Gasteiger partial charge is 0.393 e. The quantitative estimate of drug-likeness (QED) is 0.666. The van der Waals surface area contributed by atoms with Gasteiger partial charge in [-0.3, -0.25) is 0 Å². The summed E-state index contributed by atoms with van der Waals surface area (Å²) in [7, 11) is 0. The van der Waals surface area contributed by atoms with Crippen molar-refractivity contribution in [2.75, 3.05) is 6.54 Å². The molecule has 1 rings (SSSR count). The summed E-state index contributed by atoms with van der Waals surface area (Å²) in [5.74, 6) is 0.371. The smallest absolute Gasteiger partial charge is 0.0580 e. The number of aliphatic hydroxyl groups is 1. The van der Waals surface area contributed by atoms with Gasteiger partial charge in [0.25, 0.3) is 0 Å². The van der Waals surface area contributed by atoms with Crippen molar-refractivity contribution in [3.8, 4) is 0 Å². The molecule has 1 saturated carbocycles. The number of hydrogen-bond donors (Lipinski definition) is 2. The Morgan fingerprint density at radius 1 is 1.08 bits per heavy atom. The zero-order chi connectivity index (χ0) is 8.10. The molecular formula is C9H20ClNO. The Labute approximate surface area is 80.9 Å². The zero-order valence-corrected chi connectivity index (χ0v) is 8.35. The zero-order valence-electron chi connectivity index (χ0n) is 7.54. The van der Waals surface area contributed by atoms with Crippen molar-refractivity contribution in [1.82, 2.24) is 0 Å². The van der Waals surface area contributed by atoms with E-state index in [4.69, 9.17) is 5.73 Å². The Bertz CT molecular complexity index is 111. The summed E-state index contributed by atoms with van der Waals surface area (Å²) in [4.78, 5) is 0. The highest BCUT2D eigenvalue weighted by molar-refractivity contribution is 5.85. The van der Waals surface area contributed by atoms with E-state index in [0.717, 1.165) is 12.8 Å². The molecule has 0 bridgehead atoms. The van der Waals surface area contributed by atoms with Gasteiger partial charge in [-0.1, -0.05) is 25.7 Å². The molecule has 0 radical (unpaired) electrons. The van der Waals surface area contributed by atoms with Crippen molar-refractivity contribution in [1.29, 1.82) is 0 Å². The third-order valence-electron chi connectivity index (χ3n) is 2.67. The average molecular weight is 194 g/mol. The van der Waals surface area contributed by atoms with E-state index < -0.39 is 0 Å². The molecule has 74 valence electrons. The fourth-order valence-corrected chi connectivity index (χ4v) is 1.82. The van der Waals surface area contributed by atoms with Crippen LogP contribution in [0.4, 0.5) is 0 Å². The third kappa shape index (κ3) is 3.74. The van der Waals surface area contributed by atoms with Gasteiger partial charge in [-0.25, -0.2) is 0 Å². The second-order valence-corrected chi connectivity index (χ2v) is 3.55. The molecule has 0 aromatic heterocycles. The van der Waals surface area contributed by atoms with Crippen LogP contribution in [0.5, 0.6) is 0 Å². The minimum atomic E-state index is -0.125. The van der Waals surface area contributed by atoms with Crippen molar-refractivity contribution in [2.24, 2.45) is 11.7 Å². The van der Waals surface area contributed by atoms with Gasteiger partial charge in [0.2, 0.25) is 0 Å². The normalized spacial score (nSPS) is 31.5. The van der Waals surface area contributed by atoms with Crippen molar-refractivity contribution in [2.45, 2.75) is 44.6 Å². The number of hydrogen-bond acceptors (Lipinski definition) is 2. The molecule has 12 heavy (non-hydrogen) atoms. The summed E-state index contributed by atoms with van der Waals surface area (Å²) < 4.78 is 0. The van der Waals surface area contributed by atoms with Crippen LogP contribution in [-0.2, 0) is 0 Å². The Balaban J connectivity index is 0.00000121. The summed E-state index contributed by atoms with van der Waals surface area (Å²) in [5, 5.41) is 9.59. The van der Waals surface area contributed by atoms with E-state index in [0.29, 0.717) is 12.5 Å². The van der Waals surface area contributed by atoms with Crippen LogP contribution in [-0.4, -0.2) is 17.8 Å². The molecule has 0 aromatic rings. The van der Waals surface area contributed by atoms with Crippen LogP contribution in [0.2, 0.25) is 0 Å². The molecule has 0 spiro atoms. The van der Waals surface area contributed by atoms with E-state index in [1.165, 1.54) is 25.7 Å². The fourth-order valence-electron chi connectivity index (χ4n) is 1.82. The van der Waals surface area contributed by atoms with Gasteiger partial charge in [0.1, 0.15) is 0 Å². The number of aliphatic hydroxyl groups excluding tert-OH is 1. The molecule has 2 nitrogen and oxygen atoms in total. The van der Waals surface area contributed by atoms with Crippen molar-refractivity contribution in [3.63, 3.8) is 0 Å². The first-order valence-electron chi connectivity index (χ1n) is 4.72. The Hall–Kier alpha value is 0.210. The maximum absolute atomic E-state index is 9.59. The molecule has 0 aliphatic heterocycles. The van der Waals surface area contributed by atoms with Crippen LogP contribution in [0.1, 0.15) is 38.5 Å². The lowest BCUT2D eigenvalue weighted by atomic mass is 9.89. The highest BCUT2D eigenvalue weighted by Gasteiger charge is 2.18. The van der Waals surface area contributed by atoms with Gasteiger partial charge in [-0.15, -0.1) is 12.4 Å². The summed E-state index contributed by atoms with van der Waals surface area (Å²) in [5.41, 5.74) is 5.55. The van der Waals surface area contributed by atoms with Crippen molar-refractivity contribution >= 4 is 12.4 Å². The van der Waals surface area contributed by atoms with Gasteiger partial charge in [0.15, 0.2) is 0 Å². The Morgan fingerprint density at radius 3 is 2.25 bits per heavy atom. The van der Waals surface area contributed by atoms with E-state index in [-0.39, 0.29) is 18.5 Å². The summed E-state index contributed by atoms with van der Waals surface area (Å²) in [6.45, 7) is 0.654. The second kappa shape index (κ2) is 6.70. The van der Waals surface area contributed by atoms with Gasteiger partial charge in [-0.2, -0.15) is 0 Å². The van der Waals surface area contributed by atoms with Crippen LogP contribution >= 0.6 is 12.4 Å². The first kappa shape index (κ1) is 12.2. The predicted molar refractivity (Wildman–Crippen MR) is 53.5 cm³/mol. The minimum absolute atomic E-state index is 0. The van der Waals surface area contributed by atoms with E-state index in [1.807, 2.05) is 0 Å². The average Bonchev–Trinajstić information content (AvgIpc) is 1.98. The maximum atomic E-state index is 9.59. The molecular weight excluding hydrogens is 174 g/mol. The lowest BCUT2D eigenvalue weighted by molar-refractivity contribution is 0.0878. The van der Waals surface area contributed by atoms with E-state index in [2.05, 4.69) is 0 Å². The minimum Gasteiger partial charge on any atom is -0.393 e. The van der Waals surface area contributed by atoms with E-state index in [1.54, 1.807) is 0 Å². The molecule has 0 saturated heterocycles. The van der Waals surface area contributed by atoms with Crippen LogP contribution in [0.25, 0.3) is 0 Å². The molecule has 1 aliphatic rings. The Morgan fingerprint density at radius 2 is 1.67 bits per heavy atom. The lowest BCUT2D eigenvalue weighted by Gasteiger charge is -2.23. The van der Waals surface area contributed by atoms with Gasteiger partial charge in [0, 0.05) is 0 Å². The topological polar surface area (TPSA) is 46.2 Å². The molecule has 2 atom stereocenters.